The molecule has 1 aliphatic rings. The molecule has 0 aliphatic heterocycles. The van der Waals surface area contributed by atoms with Crippen LogP contribution in [0, 0.1) is 11.8 Å². The zero-order chi connectivity index (χ0) is 15.0. The van der Waals surface area contributed by atoms with Gasteiger partial charge in [-0.25, -0.2) is 0 Å². The van der Waals surface area contributed by atoms with E-state index in [0.29, 0.717) is 5.92 Å². The highest BCUT2D eigenvalue weighted by molar-refractivity contribution is 5.91. The molecule has 0 heterocycles. The second kappa shape index (κ2) is 18.8. The molecule has 0 spiro atoms. The van der Waals surface area contributed by atoms with Crippen molar-refractivity contribution in [2.45, 2.75) is 80.6 Å². The lowest BCUT2D eigenvalue weighted by Gasteiger charge is -2.26. The molecule has 1 fully saturated rings. The average molecular weight is 256 g/mol. The average Bonchev–Trinajstić information content (AvgIpc) is 2.44. The molecule has 0 aromatic heterocycles. The highest BCUT2D eigenvalue weighted by atomic mass is 16.1. The van der Waals surface area contributed by atoms with Crippen molar-refractivity contribution >= 4 is 5.78 Å². The molecule has 2 atom stereocenters. The Balaban J connectivity index is -0.000000274. The Morgan fingerprint density at radius 2 is 1.50 bits per heavy atom. The van der Waals surface area contributed by atoms with Gasteiger partial charge in [-0.05, 0) is 18.4 Å². The number of hydrogen-bond acceptors (Lipinski definition) is 1. The SMILES string of the molecule is C=CC(=O)C1CCCCC1C.CC.CC.CCC. The fourth-order valence-corrected chi connectivity index (χ4v) is 1.89. The fourth-order valence-electron chi connectivity index (χ4n) is 1.89. The predicted octanol–water partition coefficient (Wildman–Crippen LogP) is 6.04. The number of allylic oxidation sites excluding steroid dienone is 1. The van der Waals surface area contributed by atoms with E-state index in [1.54, 1.807) is 0 Å². The predicted molar refractivity (Wildman–Crippen MR) is 85.0 cm³/mol. The smallest absolute Gasteiger partial charge is 0.158 e. The summed E-state index contributed by atoms with van der Waals surface area (Å²) >= 11 is 0. The van der Waals surface area contributed by atoms with Crippen molar-refractivity contribution in [1.82, 2.24) is 0 Å². The normalized spacial score (nSPS) is 20.8. The Hall–Kier alpha value is -0.590. The number of rotatable bonds is 2. The van der Waals surface area contributed by atoms with Gasteiger partial charge in [0.25, 0.3) is 0 Å². The molecule has 2 unspecified atom stereocenters. The Labute approximate surface area is 116 Å². The van der Waals surface area contributed by atoms with Gasteiger partial charge in [-0.3, -0.25) is 4.79 Å². The van der Waals surface area contributed by atoms with Gasteiger partial charge in [0.15, 0.2) is 5.78 Å². The van der Waals surface area contributed by atoms with E-state index >= 15 is 0 Å². The van der Waals surface area contributed by atoms with E-state index in [1.165, 1.54) is 31.8 Å². The third-order valence-corrected chi connectivity index (χ3v) is 2.68. The minimum absolute atomic E-state index is 0.247. The van der Waals surface area contributed by atoms with Crippen LogP contribution in [0.2, 0.25) is 0 Å². The van der Waals surface area contributed by atoms with Crippen LogP contribution in [-0.2, 0) is 4.79 Å². The molecule has 1 aliphatic carbocycles. The highest BCUT2D eigenvalue weighted by Crippen LogP contribution is 2.30. The third-order valence-electron chi connectivity index (χ3n) is 2.68. The summed E-state index contributed by atoms with van der Waals surface area (Å²) in [5.41, 5.74) is 0. The second-order valence-corrected chi connectivity index (χ2v) is 4.18. The van der Waals surface area contributed by atoms with Gasteiger partial charge in [-0.15, -0.1) is 0 Å². The second-order valence-electron chi connectivity index (χ2n) is 4.18. The van der Waals surface area contributed by atoms with E-state index in [9.17, 15) is 4.79 Å². The first kappa shape index (κ1) is 22.6. The third kappa shape index (κ3) is 11.9. The Morgan fingerprint density at radius 3 is 1.83 bits per heavy atom. The maximum Gasteiger partial charge on any atom is 0.158 e. The standard InChI is InChI=1S/C10H16O.C3H8.2C2H6/c1-3-10(11)9-7-5-4-6-8(9)2;1-3-2;2*1-2/h3,8-9H,1,4-7H2,2H3;3H2,1-2H3;2*1-2H3. The molecule has 0 saturated heterocycles. The van der Waals surface area contributed by atoms with Crippen molar-refractivity contribution in [2.24, 2.45) is 11.8 Å². The molecule has 0 N–H and O–H groups in total. The van der Waals surface area contributed by atoms with Gasteiger partial charge < -0.3 is 0 Å². The van der Waals surface area contributed by atoms with Crippen LogP contribution in [0.3, 0.4) is 0 Å². The van der Waals surface area contributed by atoms with Crippen molar-refractivity contribution in [2.75, 3.05) is 0 Å². The Morgan fingerprint density at radius 1 is 1.11 bits per heavy atom. The summed E-state index contributed by atoms with van der Waals surface area (Å²) in [6, 6.07) is 0. The molecular weight excluding hydrogens is 220 g/mol. The van der Waals surface area contributed by atoms with E-state index < -0.39 is 0 Å². The van der Waals surface area contributed by atoms with Crippen molar-refractivity contribution < 1.29 is 4.79 Å². The van der Waals surface area contributed by atoms with E-state index in [-0.39, 0.29) is 11.7 Å². The zero-order valence-corrected chi connectivity index (χ0v) is 13.9. The zero-order valence-electron chi connectivity index (χ0n) is 13.9. The first-order chi connectivity index (χ1) is 8.67. The van der Waals surface area contributed by atoms with Gasteiger partial charge in [0, 0.05) is 5.92 Å². The lowest BCUT2D eigenvalue weighted by molar-refractivity contribution is -0.120. The molecule has 1 nitrogen and oxygen atoms in total. The maximum atomic E-state index is 11.3. The number of carbonyl (C=O) groups excluding carboxylic acids is 1. The van der Waals surface area contributed by atoms with Crippen molar-refractivity contribution in [3.8, 4) is 0 Å². The van der Waals surface area contributed by atoms with Crippen molar-refractivity contribution in [1.29, 1.82) is 0 Å². The first-order valence-electron chi connectivity index (χ1n) is 7.83. The van der Waals surface area contributed by atoms with Crippen LogP contribution in [0.25, 0.3) is 0 Å². The molecule has 110 valence electrons. The summed E-state index contributed by atoms with van der Waals surface area (Å²) in [5, 5.41) is 0. The maximum absolute atomic E-state index is 11.3. The van der Waals surface area contributed by atoms with Crippen molar-refractivity contribution in [3.05, 3.63) is 12.7 Å². The highest BCUT2D eigenvalue weighted by Gasteiger charge is 2.25. The Bertz CT molecular complexity index is 172. The molecule has 0 amide bonds. The molecule has 0 aromatic carbocycles. The molecule has 1 saturated carbocycles. The van der Waals surface area contributed by atoms with Crippen LogP contribution in [0.4, 0.5) is 0 Å². The van der Waals surface area contributed by atoms with Crippen molar-refractivity contribution in [3.63, 3.8) is 0 Å². The van der Waals surface area contributed by atoms with Gasteiger partial charge in [-0.1, -0.05) is 80.7 Å². The minimum Gasteiger partial charge on any atom is -0.295 e. The summed E-state index contributed by atoms with van der Waals surface area (Å²) in [4.78, 5) is 11.3. The van der Waals surface area contributed by atoms with Gasteiger partial charge in [0.05, 0.1) is 0 Å². The first-order valence-corrected chi connectivity index (χ1v) is 7.83. The molecule has 0 aromatic rings. The van der Waals surface area contributed by atoms with Crippen LogP contribution in [-0.4, -0.2) is 5.78 Å². The van der Waals surface area contributed by atoms with Crippen LogP contribution >= 0.6 is 0 Å². The monoisotopic (exact) mass is 256 g/mol. The van der Waals surface area contributed by atoms with Gasteiger partial charge in [-0.2, -0.15) is 0 Å². The Kier molecular flexibility index (Phi) is 23.5. The number of ketones is 1. The molecule has 1 rings (SSSR count). The molecule has 18 heavy (non-hydrogen) atoms. The topological polar surface area (TPSA) is 17.1 Å². The lowest BCUT2D eigenvalue weighted by atomic mass is 9.78. The van der Waals surface area contributed by atoms with E-state index in [4.69, 9.17) is 0 Å². The van der Waals surface area contributed by atoms with Gasteiger partial charge in [0.2, 0.25) is 0 Å². The summed E-state index contributed by atoms with van der Waals surface area (Å²) in [6.07, 6.45) is 7.53. The number of carbonyl (C=O) groups is 1. The van der Waals surface area contributed by atoms with Crippen LogP contribution in [0.1, 0.15) is 80.6 Å². The van der Waals surface area contributed by atoms with Gasteiger partial charge >= 0.3 is 0 Å². The molecular formula is C17H36O. The van der Waals surface area contributed by atoms with E-state index in [0.717, 1.165) is 6.42 Å². The summed E-state index contributed by atoms with van der Waals surface area (Å²) in [6.45, 7) is 17.9. The van der Waals surface area contributed by atoms with E-state index in [2.05, 4.69) is 27.4 Å². The fraction of sp³-hybridized carbons (Fsp3) is 0.824. The summed E-state index contributed by atoms with van der Waals surface area (Å²) < 4.78 is 0. The molecule has 1 heteroatoms. The summed E-state index contributed by atoms with van der Waals surface area (Å²) in [5.74, 6) is 1.10. The number of hydrogen-bond donors (Lipinski definition) is 0. The minimum atomic E-state index is 0.247. The quantitative estimate of drug-likeness (QED) is 0.551. The summed E-state index contributed by atoms with van der Waals surface area (Å²) in [7, 11) is 0. The largest absolute Gasteiger partial charge is 0.295 e. The molecule has 0 bridgehead atoms. The van der Waals surface area contributed by atoms with Crippen LogP contribution < -0.4 is 0 Å². The van der Waals surface area contributed by atoms with Crippen LogP contribution in [0.5, 0.6) is 0 Å². The van der Waals surface area contributed by atoms with Crippen LogP contribution in [0.15, 0.2) is 12.7 Å². The lowest BCUT2D eigenvalue weighted by Crippen LogP contribution is -2.23. The van der Waals surface area contributed by atoms with E-state index in [1.807, 2.05) is 27.7 Å². The van der Waals surface area contributed by atoms with Gasteiger partial charge in [0.1, 0.15) is 0 Å². The molecule has 0 radical (unpaired) electrons.